The van der Waals surface area contributed by atoms with Gasteiger partial charge in [0.05, 0.1) is 10.1 Å². The summed E-state index contributed by atoms with van der Waals surface area (Å²) in [4.78, 5) is 18.2. The molecule has 0 aliphatic heterocycles. The third-order valence-electron chi connectivity index (χ3n) is 4.40. The molecule has 3 rings (SSSR count). The summed E-state index contributed by atoms with van der Waals surface area (Å²) < 4.78 is 5.96. The van der Waals surface area contributed by atoms with Crippen LogP contribution >= 0.6 is 34.7 Å². The Bertz CT molecular complexity index is 708. The number of carbonyl (C=O) groups is 1. The van der Waals surface area contributed by atoms with Crippen LogP contribution in [0.3, 0.4) is 0 Å². The molecule has 1 fully saturated rings. The molecule has 1 aliphatic carbocycles. The first-order valence-electron chi connectivity index (χ1n) is 8.51. The molecular formula is C17H22ClN3O2S2. The highest BCUT2D eigenvalue weighted by atomic mass is 35.5. The normalized spacial score (nSPS) is 17.2. The van der Waals surface area contributed by atoms with Crippen LogP contribution in [0.2, 0.25) is 4.34 Å². The van der Waals surface area contributed by atoms with Gasteiger partial charge in [-0.25, -0.2) is 0 Å². The van der Waals surface area contributed by atoms with E-state index in [0.717, 1.165) is 35.8 Å². The minimum atomic E-state index is -0.488. The number of halogens is 1. The third-order valence-corrected chi connectivity index (χ3v) is 6.79. The van der Waals surface area contributed by atoms with Gasteiger partial charge in [-0.3, -0.25) is 4.79 Å². The molecule has 1 saturated carbocycles. The Morgan fingerprint density at radius 2 is 2.12 bits per heavy atom. The summed E-state index contributed by atoms with van der Waals surface area (Å²) in [5, 5.41) is 7.34. The Hall–Kier alpha value is -1.05. The molecular weight excluding hydrogens is 378 g/mol. The van der Waals surface area contributed by atoms with Crippen LogP contribution in [0, 0.1) is 6.92 Å². The topological polar surface area (TPSA) is 68.0 Å². The van der Waals surface area contributed by atoms with Crippen LogP contribution in [0.5, 0.6) is 0 Å². The average molecular weight is 400 g/mol. The predicted molar refractivity (Wildman–Crippen MR) is 102 cm³/mol. The molecule has 5 nitrogen and oxygen atoms in total. The van der Waals surface area contributed by atoms with Crippen LogP contribution in [0.1, 0.15) is 55.1 Å². The van der Waals surface area contributed by atoms with E-state index in [4.69, 9.17) is 16.1 Å². The highest BCUT2D eigenvalue weighted by Crippen LogP contribution is 2.35. The first kappa shape index (κ1) is 18.7. The van der Waals surface area contributed by atoms with E-state index in [1.807, 2.05) is 12.1 Å². The lowest BCUT2D eigenvalue weighted by Gasteiger charge is -2.30. The van der Waals surface area contributed by atoms with Gasteiger partial charge in [0.2, 0.25) is 11.8 Å². The van der Waals surface area contributed by atoms with Gasteiger partial charge in [0.25, 0.3) is 0 Å². The van der Waals surface area contributed by atoms with Crippen LogP contribution < -0.4 is 5.32 Å². The van der Waals surface area contributed by atoms with Crippen molar-refractivity contribution in [2.24, 2.45) is 0 Å². The van der Waals surface area contributed by atoms with Crippen LogP contribution in [-0.4, -0.2) is 21.8 Å². The molecule has 0 bridgehead atoms. The Morgan fingerprint density at radius 3 is 2.72 bits per heavy atom. The van der Waals surface area contributed by atoms with Gasteiger partial charge in [-0.1, -0.05) is 42.4 Å². The number of rotatable bonds is 6. The number of hydrogen-bond acceptors (Lipinski definition) is 6. The molecule has 0 spiro atoms. The number of hydrogen-bond donors (Lipinski definition) is 1. The van der Waals surface area contributed by atoms with Crippen molar-refractivity contribution < 1.29 is 9.32 Å². The summed E-state index contributed by atoms with van der Waals surface area (Å²) in [6.07, 6.45) is 6.22. The molecule has 2 aromatic rings. The number of nitrogens with one attached hydrogen (secondary N) is 1. The molecule has 0 atom stereocenters. The Kier molecular flexibility index (Phi) is 6.41. The van der Waals surface area contributed by atoms with Gasteiger partial charge >= 0.3 is 0 Å². The van der Waals surface area contributed by atoms with Crippen molar-refractivity contribution in [1.82, 2.24) is 15.5 Å². The fourth-order valence-electron chi connectivity index (χ4n) is 3.21. The van der Waals surface area contributed by atoms with Crippen LogP contribution in [0.4, 0.5) is 0 Å². The first-order valence-corrected chi connectivity index (χ1v) is 10.9. The fourth-order valence-corrected chi connectivity index (χ4v) is 5.23. The SMILES string of the molecule is Cc1nc(C2(NC(=O)CSCc3ccc(Cl)s3)CCCCCC2)no1. The number of aromatic nitrogens is 2. The summed E-state index contributed by atoms with van der Waals surface area (Å²) in [6.45, 7) is 1.78. The van der Waals surface area contributed by atoms with Crippen LogP contribution in [0.15, 0.2) is 16.7 Å². The molecule has 25 heavy (non-hydrogen) atoms. The number of carbonyl (C=O) groups excluding carboxylic acids is 1. The molecule has 0 unspecified atom stereocenters. The maximum absolute atomic E-state index is 12.6. The van der Waals surface area contributed by atoms with E-state index in [1.165, 1.54) is 17.7 Å². The lowest BCUT2D eigenvalue weighted by Crippen LogP contribution is -2.47. The second kappa shape index (κ2) is 8.56. The predicted octanol–water partition coefficient (Wildman–Crippen LogP) is 4.69. The van der Waals surface area contributed by atoms with Crippen LogP contribution in [-0.2, 0) is 16.1 Å². The molecule has 0 radical (unpaired) electrons. The number of nitrogens with zero attached hydrogens (tertiary/aromatic N) is 2. The van der Waals surface area contributed by atoms with E-state index >= 15 is 0 Å². The van der Waals surface area contributed by atoms with Crippen molar-refractivity contribution in [3.8, 4) is 0 Å². The molecule has 0 aromatic carbocycles. The third kappa shape index (κ3) is 4.99. The highest BCUT2D eigenvalue weighted by Gasteiger charge is 2.38. The van der Waals surface area contributed by atoms with E-state index in [1.54, 1.807) is 30.0 Å². The van der Waals surface area contributed by atoms with Crippen molar-refractivity contribution in [3.05, 3.63) is 33.1 Å². The molecule has 1 amide bonds. The molecule has 8 heteroatoms. The van der Waals surface area contributed by atoms with Gasteiger partial charge in [0.1, 0.15) is 5.54 Å². The van der Waals surface area contributed by atoms with Gasteiger partial charge in [-0.05, 0) is 25.0 Å². The zero-order valence-corrected chi connectivity index (χ0v) is 16.6. The number of thiophene rings is 1. The molecule has 1 aliphatic rings. The number of aryl methyl sites for hydroxylation is 1. The quantitative estimate of drug-likeness (QED) is 0.713. The van der Waals surface area contributed by atoms with E-state index in [9.17, 15) is 4.79 Å². The maximum Gasteiger partial charge on any atom is 0.230 e. The van der Waals surface area contributed by atoms with Gasteiger partial charge in [0.15, 0.2) is 5.82 Å². The van der Waals surface area contributed by atoms with E-state index in [-0.39, 0.29) is 5.91 Å². The summed E-state index contributed by atoms with van der Waals surface area (Å²) in [5.74, 6) is 2.39. The second-order valence-corrected chi connectivity index (χ2v) is 9.17. The zero-order chi connectivity index (χ0) is 17.7. The summed E-state index contributed by atoms with van der Waals surface area (Å²) >= 11 is 9.09. The van der Waals surface area contributed by atoms with E-state index < -0.39 is 5.54 Å². The van der Waals surface area contributed by atoms with Crippen molar-refractivity contribution in [2.45, 2.75) is 56.7 Å². The lowest BCUT2D eigenvalue weighted by atomic mass is 9.89. The average Bonchev–Trinajstić information content (AvgIpc) is 3.12. The van der Waals surface area contributed by atoms with Gasteiger partial charge < -0.3 is 9.84 Å². The number of amides is 1. The summed E-state index contributed by atoms with van der Waals surface area (Å²) in [7, 11) is 0. The molecule has 0 saturated heterocycles. The van der Waals surface area contributed by atoms with Crippen molar-refractivity contribution in [1.29, 1.82) is 0 Å². The Labute approximate surface area is 160 Å². The van der Waals surface area contributed by atoms with Gasteiger partial charge in [0, 0.05) is 17.6 Å². The first-order chi connectivity index (χ1) is 12.1. The molecule has 1 N–H and O–H groups in total. The van der Waals surface area contributed by atoms with Crippen LogP contribution in [0.25, 0.3) is 0 Å². The zero-order valence-electron chi connectivity index (χ0n) is 14.2. The minimum absolute atomic E-state index is 0.0250. The fraction of sp³-hybridized carbons (Fsp3) is 0.588. The van der Waals surface area contributed by atoms with Crippen molar-refractivity contribution in [3.63, 3.8) is 0 Å². The van der Waals surface area contributed by atoms with Gasteiger partial charge in [-0.2, -0.15) is 4.98 Å². The Morgan fingerprint density at radius 1 is 1.36 bits per heavy atom. The van der Waals surface area contributed by atoms with E-state index in [2.05, 4.69) is 15.5 Å². The molecule has 2 aromatic heterocycles. The highest BCUT2D eigenvalue weighted by molar-refractivity contribution is 7.99. The van der Waals surface area contributed by atoms with Crippen molar-refractivity contribution >= 4 is 40.6 Å². The largest absolute Gasteiger partial charge is 0.343 e. The minimum Gasteiger partial charge on any atom is -0.343 e. The molecule has 136 valence electrons. The summed E-state index contributed by atoms with van der Waals surface area (Å²) in [6, 6.07) is 3.90. The standard InChI is InChI=1S/C17H22ClN3O2S2/c1-12-19-16(21-23-12)17(8-4-2-3-5-9-17)20-15(22)11-24-10-13-6-7-14(18)25-13/h6-7H,2-5,8-11H2,1H3,(H,20,22). The monoisotopic (exact) mass is 399 g/mol. The van der Waals surface area contributed by atoms with E-state index in [0.29, 0.717) is 17.5 Å². The molecule has 2 heterocycles. The smallest absolute Gasteiger partial charge is 0.230 e. The van der Waals surface area contributed by atoms with Crippen molar-refractivity contribution in [2.75, 3.05) is 5.75 Å². The second-order valence-electron chi connectivity index (χ2n) is 6.38. The maximum atomic E-state index is 12.6. The number of thioether (sulfide) groups is 1. The Balaban J connectivity index is 1.62. The summed E-state index contributed by atoms with van der Waals surface area (Å²) in [5.41, 5.74) is -0.488. The lowest BCUT2D eigenvalue weighted by molar-refractivity contribution is -0.120. The van der Waals surface area contributed by atoms with Gasteiger partial charge in [-0.15, -0.1) is 23.1 Å².